The van der Waals surface area contributed by atoms with Crippen molar-refractivity contribution in [2.45, 2.75) is 9.79 Å². The van der Waals surface area contributed by atoms with Gasteiger partial charge in [-0.2, -0.15) is 0 Å². The van der Waals surface area contributed by atoms with Crippen LogP contribution in [0.3, 0.4) is 0 Å². The van der Waals surface area contributed by atoms with Gasteiger partial charge < -0.3 is 15.2 Å². The zero-order valence-corrected chi connectivity index (χ0v) is 12.1. The molecule has 4 nitrogen and oxygen atoms in total. The molecule has 0 aliphatic heterocycles. The Bertz CT molecular complexity index is 611. The summed E-state index contributed by atoms with van der Waals surface area (Å²) in [6.45, 7) is 0. The number of benzene rings is 2. The van der Waals surface area contributed by atoms with Crippen LogP contribution in [-0.2, 0) is 4.74 Å². The van der Waals surface area contributed by atoms with Gasteiger partial charge in [0.25, 0.3) is 0 Å². The van der Waals surface area contributed by atoms with E-state index < -0.39 is 0 Å². The largest absolute Gasteiger partial charge is 0.495 e. The van der Waals surface area contributed by atoms with E-state index in [1.165, 1.54) is 7.11 Å². The third-order valence-corrected chi connectivity index (χ3v) is 3.71. The van der Waals surface area contributed by atoms with Gasteiger partial charge in [0.1, 0.15) is 5.75 Å². The van der Waals surface area contributed by atoms with E-state index >= 15 is 0 Å². The fourth-order valence-electron chi connectivity index (χ4n) is 1.69. The molecule has 0 saturated carbocycles. The summed E-state index contributed by atoms with van der Waals surface area (Å²) in [6.07, 6.45) is 0. The standard InChI is InChI=1S/C15H15NO3S/c1-18-14-8-7-12(9-13(14)16)20-11-5-3-10(4-6-11)15(17)19-2/h3-9H,16H2,1-2H3. The Morgan fingerprint density at radius 3 is 2.25 bits per heavy atom. The molecule has 2 rings (SSSR count). The Kier molecular flexibility index (Phi) is 4.53. The second-order valence-corrected chi connectivity index (χ2v) is 5.17. The number of hydrogen-bond donors (Lipinski definition) is 1. The average molecular weight is 289 g/mol. The fourth-order valence-corrected chi connectivity index (χ4v) is 2.56. The van der Waals surface area contributed by atoms with E-state index in [1.54, 1.807) is 31.0 Å². The van der Waals surface area contributed by atoms with Crippen LogP contribution in [0.5, 0.6) is 5.75 Å². The highest BCUT2D eigenvalue weighted by Crippen LogP contribution is 2.32. The molecule has 0 amide bonds. The van der Waals surface area contributed by atoms with Crippen LogP contribution < -0.4 is 10.5 Å². The Morgan fingerprint density at radius 2 is 1.70 bits per heavy atom. The lowest BCUT2D eigenvalue weighted by atomic mass is 10.2. The van der Waals surface area contributed by atoms with Gasteiger partial charge in [-0.05, 0) is 42.5 Å². The molecule has 0 radical (unpaired) electrons. The zero-order chi connectivity index (χ0) is 14.5. The van der Waals surface area contributed by atoms with Crippen molar-refractivity contribution in [1.82, 2.24) is 0 Å². The van der Waals surface area contributed by atoms with E-state index in [0.717, 1.165) is 9.79 Å². The smallest absolute Gasteiger partial charge is 0.337 e. The Labute approximate surface area is 121 Å². The molecule has 0 spiro atoms. The van der Waals surface area contributed by atoms with Crippen molar-refractivity contribution in [2.24, 2.45) is 0 Å². The van der Waals surface area contributed by atoms with Crippen molar-refractivity contribution in [2.75, 3.05) is 20.0 Å². The van der Waals surface area contributed by atoms with Crippen LogP contribution in [0.4, 0.5) is 5.69 Å². The van der Waals surface area contributed by atoms with Gasteiger partial charge in [0.15, 0.2) is 0 Å². The van der Waals surface area contributed by atoms with E-state index in [-0.39, 0.29) is 5.97 Å². The fraction of sp³-hybridized carbons (Fsp3) is 0.133. The Balaban J connectivity index is 2.14. The van der Waals surface area contributed by atoms with Crippen molar-refractivity contribution >= 4 is 23.4 Å². The SMILES string of the molecule is COC(=O)c1ccc(Sc2ccc(OC)c(N)c2)cc1. The molecule has 2 aromatic carbocycles. The van der Waals surface area contributed by atoms with Gasteiger partial charge in [-0.3, -0.25) is 0 Å². The van der Waals surface area contributed by atoms with Crippen molar-refractivity contribution in [3.63, 3.8) is 0 Å². The van der Waals surface area contributed by atoms with Gasteiger partial charge in [-0.15, -0.1) is 0 Å². The number of esters is 1. The number of hydrogen-bond acceptors (Lipinski definition) is 5. The Morgan fingerprint density at radius 1 is 1.05 bits per heavy atom. The number of anilines is 1. The number of nitrogens with two attached hydrogens (primary N) is 1. The van der Waals surface area contributed by atoms with Gasteiger partial charge in [-0.1, -0.05) is 11.8 Å². The van der Waals surface area contributed by atoms with Crippen LogP contribution in [0.1, 0.15) is 10.4 Å². The topological polar surface area (TPSA) is 61.5 Å². The molecular weight excluding hydrogens is 274 g/mol. The van der Waals surface area contributed by atoms with Gasteiger partial charge in [0.2, 0.25) is 0 Å². The molecule has 0 aliphatic rings. The molecule has 0 aromatic heterocycles. The monoisotopic (exact) mass is 289 g/mol. The second-order valence-electron chi connectivity index (χ2n) is 4.02. The summed E-state index contributed by atoms with van der Waals surface area (Å²) in [5.41, 5.74) is 7.00. The summed E-state index contributed by atoms with van der Waals surface area (Å²) in [5.74, 6) is 0.325. The number of methoxy groups -OCH3 is 2. The predicted molar refractivity (Wildman–Crippen MR) is 79.3 cm³/mol. The molecule has 2 N–H and O–H groups in total. The first kappa shape index (κ1) is 14.3. The van der Waals surface area contributed by atoms with Crippen molar-refractivity contribution < 1.29 is 14.3 Å². The molecule has 0 bridgehead atoms. The summed E-state index contributed by atoms with van der Waals surface area (Å²) in [4.78, 5) is 13.4. The molecule has 104 valence electrons. The van der Waals surface area contributed by atoms with Gasteiger partial charge >= 0.3 is 5.97 Å². The van der Waals surface area contributed by atoms with Crippen molar-refractivity contribution in [1.29, 1.82) is 0 Å². The highest BCUT2D eigenvalue weighted by molar-refractivity contribution is 7.99. The molecule has 5 heteroatoms. The first-order chi connectivity index (χ1) is 9.63. The average Bonchev–Trinajstić information content (AvgIpc) is 2.47. The minimum absolute atomic E-state index is 0.338. The normalized spacial score (nSPS) is 10.1. The maximum Gasteiger partial charge on any atom is 0.337 e. The molecule has 2 aromatic rings. The lowest BCUT2D eigenvalue weighted by Gasteiger charge is -2.07. The predicted octanol–water partition coefficient (Wildman–Crippen LogP) is 3.22. The van der Waals surface area contributed by atoms with Gasteiger partial charge in [-0.25, -0.2) is 4.79 Å². The summed E-state index contributed by atoms with van der Waals surface area (Å²) >= 11 is 1.56. The van der Waals surface area contributed by atoms with E-state index in [4.69, 9.17) is 10.5 Å². The van der Waals surface area contributed by atoms with Gasteiger partial charge in [0.05, 0.1) is 25.5 Å². The lowest BCUT2D eigenvalue weighted by molar-refractivity contribution is 0.0600. The first-order valence-electron chi connectivity index (χ1n) is 5.94. The third-order valence-electron chi connectivity index (χ3n) is 2.71. The molecule has 20 heavy (non-hydrogen) atoms. The molecule has 0 fully saturated rings. The van der Waals surface area contributed by atoms with E-state index in [1.807, 2.05) is 30.3 Å². The zero-order valence-electron chi connectivity index (χ0n) is 11.3. The van der Waals surface area contributed by atoms with E-state index in [9.17, 15) is 4.79 Å². The van der Waals surface area contributed by atoms with E-state index in [2.05, 4.69) is 4.74 Å². The van der Waals surface area contributed by atoms with Crippen molar-refractivity contribution in [3.8, 4) is 5.75 Å². The molecule has 0 unspecified atom stereocenters. The number of rotatable bonds is 4. The van der Waals surface area contributed by atoms with Crippen LogP contribution in [-0.4, -0.2) is 20.2 Å². The molecule has 0 atom stereocenters. The second kappa shape index (κ2) is 6.34. The summed E-state index contributed by atoms with van der Waals surface area (Å²) < 4.78 is 9.78. The lowest BCUT2D eigenvalue weighted by Crippen LogP contribution is -2.00. The molecular formula is C15H15NO3S. The highest BCUT2D eigenvalue weighted by atomic mass is 32.2. The van der Waals surface area contributed by atoms with Crippen LogP contribution >= 0.6 is 11.8 Å². The van der Waals surface area contributed by atoms with Crippen LogP contribution in [0, 0.1) is 0 Å². The van der Waals surface area contributed by atoms with Crippen LogP contribution in [0.15, 0.2) is 52.3 Å². The quantitative estimate of drug-likeness (QED) is 0.691. The number of ether oxygens (including phenoxy) is 2. The van der Waals surface area contributed by atoms with Crippen LogP contribution in [0.25, 0.3) is 0 Å². The van der Waals surface area contributed by atoms with Crippen molar-refractivity contribution in [3.05, 3.63) is 48.0 Å². The molecule has 0 aliphatic carbocycles. The molecule has 0 saturated heterocycles. The minimum Gasteiger partial charge on any atom is -0.495 e. The summed E-state index contributed by atoms with van der Waals surface area (Å²) in [5, 5.41) is 0. The minimum atomic E-state index is -0.338. The number of carbonyl (C=O) groups is 1. The number of nitrogen functional groups attached to an aromatic ring is 1. The highest BCUT2D eigenvalue weighted by Gasteiger charge is 2.06. The summed E-state index contributed by atoms with van der Waals surface area (Å²) in [6, 6.07) is 12.9. The number of carbonyl (C=O) groups excluding carboxylic acids is 1. The van der Waals surface area contributed by atoms with Crippen LogP contribution in [0.2, 0.25) is 0 Å². The first-order valence-corrected chi connectivity index (χ1v) is 6.75. The molecule has 0 heterocycles. The summed E-state index contributed by atoms with van der Waals surface area (Å²) in [7, 11) is 2.95. The van der Waals surface area contributed by atoms with Gasteiger partial charge in [0, 0.05) is 9.79 Å². The maximum atomic E-state index is 11.3. The third kappa shape index (κ3) is 3.24. The Hall–Kier alpha value is -2.14. The van der Waals surface area contributed by atoms with E-state index in [0.29, 0.717) is 17.0 Å². The maximum absolute atomic E-state index is 11.3.